The van der Waals surface area contributed by atoms with Crippen molar-refractivity contribution in [1.82, 2.24) is 0 Å². The highest BCUT2D eigenvalue weighted by atomic mass is 16.5. The molecule has 0 aliphatic heterocycles. The van der Waals surface area contributed by atoms with Gasteiger partial charge in [-0.3, -0.25) is 4.79 Å². The molecule has 0 saturated heterocycles. The topological polar surface area (TPSA) is 38.3 Å². The average molecular weight is 269 g/mol. The Morgan fingerprint density at radius 1 is 1.15 bits per heavy atom. The van der Waals surface area contributed by atoms with Crippen molar-refractivity contribution < 1.29 is 9.53 Å². The van der Waals surface area contributed by atoms with Gasteiger partial charge in [0.05, 0.1) is 7.11 Å². The fourth-order valence-electron chi connectivity index (χ4n) is 2.03. The maximum Gasteiger partial charge on any atom is 0.227 e. The van der Waals surface area contributed by atoms with E-state index in [1.807, 2.05) is 61.5 Å². The molecule has 0 spiro atoms. The summed E-state index contributed by atoms with van der Waals surface area (Å²) in [5.41, 5.74) is 1.93. The molecule has 0 radical (unpaired) electrons. The zero-order chi connectivity index (χ0) is 14.4. The third-order valence-corrected chi connectivity index (χ3v) is 3.17. The van der Waals surface area contributed by atoms with Crippen molar-refractivity contribution in [2.45, 2.75) is 13.3 Å². The van der Waals surface area contributed by atoms with E-state index >= 15 is 0 Å². The summed E-state index contributed by atoms with van der Waals surface area (Å²) in [5.74, 6) is 0.671. The van der Waals surface area contributed by atoms with Crippen LogP contribution in [0, 0.1) is 5.92 Å². The van der Waals surface area contributed by atoms with Gasteiger partial charge in [0.15, 0.2) is 0 Å². The summed E-state index contributed by atoms with van der Waals surface area (Å²) in [6.07, 6.45) is 0.733. The third kappa shape index (κ3) is 3.85. The highest BCUT2D eigenvalue weighted by Crippen LogP contribution is 2.18. The van der Waals surface area contributed by atoms with E-state index in [0.717, 1.165) is 17.9 Å². The summed E-state index contributed by atoms with van der Waals surface area (Å²) >= 11 is 0. The van der Waals surface area contributed by atoms with Crippen LogP contribution in [0.1, 0.15) is 12.5 Å². The molecular weight excluding hydrogens is 250 g/mol. The van der Waals surface area contributed by atoms with E-state index in [-0.39, 0.29) is 11.8 Å². The lowest BCUT2D eigenvalue weighted by atomic mass is 10.0. The van der Waals surface area contributed by atoms with E-state index in [2.05, 4.69) is 5.32 Å². The van der Waals surface area contributed by atoms with Crippen LogP contribution in [0.3, 0.4) is 0 Å². The summed E-state index contributed by atoms with van der Waals surface area (Å²) in [6.45, 7) is 1.93. The van der Waals surface area contributed by atoms with Gasteiger partial charge in [0.25, 0.3) is 0 Å². The summed E-state index contributed by atoms with van der Waals surface area (Å²) in [5, 5.41) is 2.92. The van der Waals surface area contributed by atoms with Crippen LogP contribution < -0.4 is 10.1 Å². The molecule has 0 aromatic heterocycles. The predicted molar refractivity (Wildman–Crippen MR) is 80.9 cm³/mol. The number of rotatable bonds is 5. The second-order valence-corrected chi connectivity index (χ2v) is 4.81. The van der Waals surface area contributed by atoms with Gasteiger partial charge in [-0.25, -0.2) is 0 Å². The lowest BCUT2D eigenvalue weighted by Crippen LogP contribution is -2.22. The minimum absolute atomic E-state index is 0.0158. The van der Waals surface area contributed by atoms with Crippen molar-refractivity contribution in [2.75, 3.05) is 12.4 Å². The van der Waals surface area contributed by atoms with Crippen LogP contribution in [0.4, 0.5) is 5.69 Å². The van der Waals surface area contributed by atoms with E-state index in [4.69, 9.17) is 4.74 Å². The molecule has 0 bridgehead atoms. The number of benzene rings is 2. The standard InChI is InChI=1S/C17H19NO2/c1-13(11-14-7-4-3-5-8-14)17(19)18-15-9-6-10-16(12-15)20-2/h3-10,12-13H,11H2,1-2H3,(H,18,19). The summed E-state index contributed by atoms with van der Waals surface area (Å²) in [4.78, 5) is 12.2. The first-order valence-electron chi connectivity index (χ1n) is 6.68. The van der Waals surface area contributed by atoms with E-state index in [1.54, 1.807) is 7.11 Å². The number of amides is 1. The Morgan fingerprint density at radius 3 is 2.60 bits per heavy atom. The van der Waals surface area contributed by atoms with Gasteiger partial charge in [-0.1, -0.05) is 43.3 Å². The minimum Gasteiger partial charge on any atom is -0.497 e. The van der Waals surface area contributed by atoms with Crippen LogP contribution in [0.15, 0.2) is 54.6 Å². The molecule has 0 fully saturated rings. The van der Waals surface area contributed by atoms with Crippen LogP contribution >= 0.6 is 0 Å². The molecule has 2 rings (SSSR count). The van der Waals surface area contributed by atoms with Crippen LogP contribution in [0.5, 0.6) is 5.75 Å². The van der Waals surface area contributed by atoms with Gasteiger partial charge in [0.2, 0.25) is 5.91 Å². The molecule has 1 amide bonds. The zero-order valence-electron chi connectivity index (χ0n) is 11.8. The Bertz CT molecular complexity index is 566. The Hall–Kier alpha value is -2.29. The van der Waals surface area contributed by atoms with Gasteiger partial charge in [-0.15, -0.1) is 0 Å². The van der Waals surface area contributed by atoms with Crippen LogP contribution in [0.25, 0.3) is 0 Å². The number of carbonyl (C=O) groups excluding carboxylic acids is 1. The van der Waals surface area contributed by atoms with Crippen molar-refractivity contribution in [2.24, 2.45) is 5.92 Å². The van der Waals surface area contributed by atoms with Crippen LogP contribution in [0.2, 0.25) is 0 Å². The molecule has 20 heavy (non-hydrogen) atoms. The summed E-state index contributed by atoms with van der Waals surface area (Å²) in [7, 11) is 1.61. The number of carbonyl (C=O) groups is 1. The van der Waals surface area contributed by atoms with Gasteiger partial charge >= 0.3 is 0 Å². The molecule has 1 atom stereocenters. The van der Waals surface area contributed by atoms with Gasteiger partial charge in [-0.2, -0.15) is 0 Å². The fourth-order valence-corrected chi connectivity index (χ4v) is 2.03. The molecule has 0 saturated carbocycles. The Kier molecular flexibility index (Phi) is 4.77. The minimum atomic E-state index is -0.0800. The lowest BCUT2D eigenvalue weighted by molar-refractivity contribution is -0.119. The highest BCUT2D eigenvalue weighted by Gasteiger charge is 2.13. The Labute approximate surface area is 119 Å². The number of ether oxygens (including phenoxy) is 1. The first kappa shape index (κ1) is 14.1. The molecule has 2 aromatic rings. The second kappa shape index (κ2) is 6.75. The quantitative estimate of drug-likeness (QED) is 0.902. The number of methoxy groups -OCH3 is 1. The van der Waals surface area contributed by atoms with Gasteiger partial charge in [0, 0.05) is 17.7 Å². The Balaban J connectivity index is 1.97. The molecule has 0 heterocycles. The second-order valence-electron chi connectivity index (χ2n) is 4.81. The van der Waals surface area contributed by atoms with Crippen molar-refractivity contribution >= 4 is 11.6 Å². The monoisotopic (exact) mass is 269 g/mol. The smallest absolute Gasteiger partial charge is 0.227 e. The molecule has 0 aliphatic rings. The maximum atomic E-state index is 12.2. The van der Waals surface area contributed by atoms with Crippen molar-refractivity contribution in [3.8, 4) is 5.75 Å². The number of hydrogen-bond acceptors (Lipinski definition) is 2. The highest BCUT2D eigenvalue weighted by molar-refractivity contribution is 5.92. The van der Waals surface area contributed by atoms with Gasteiger partial charge in [-0.05, 0) is 24.1 Å². The molecule has 2 aromatic carbocycles. The van der Waals surface area contributed by atoms with Gasteiger partial charge < -0.3 is 10.1 Å². The SMILES string of the molecule is COc1cccc(NC(=O)C(C)Cc2ccccc2)c1. The van der Waals surface area contributed by atoms with E-state index < -0.39 is 0 Å². The van der Waals surface area contributed by atoms with Crippen molar-refractivity contribution in [3.63, 3.8) is 0 Å². The normalized spacial score (nSPS) is 11.7. The molecule has 1 unspecified atom stereocenters. The molecule has 104 valence electrons. The fraction of sp³-hybridized carbons (Fsp3) is 0.235. The molecule has 3 nitrogen and oxygen atoms in total. The zero-order valence-corrected chi connectivity index (χ0v) is 11.8. The maximum absolute atomic E-state index is 12.2. The van der Waals surface area contributed by atoms with Crippen LogP contribution in [-0.2, 0) is 11.2 Å². The number of hydrogen-bond donors (Lipinski definition) is 1. The van der Waals surface area contributed by atoms with Crippen molar-refractivity contribution in [3.05, 3.63) is 60.2 Å². The predicted octanol–water partition coefficient (Wildman–Crippen LogP) is 3.51. The molecule has 0 aliphatic carbocycles. The summed E-state index contributed by atoms with van der Waals surface area (Å²) < 4.78 is 5.14. The number of anilines is 1. The number of nitrogens with one attached hydrogen (secondary N) is 1. The van der Waals surface area contributed by atoms with E-state index in [9.17, 15) is 4.79 Å². The molecule has 1 N–H and O–H groups in total. The largest absolute Gasteiger partial charge is 0.497 e. The first-order valence-corrected chi connectivity index (χ1v) is 6.68. The van der Waals surface area contributed by atoms with Gasteiger partial charge in [0.1, 0.15) is 5.75 Å². The molecular formula is C17H19NO2. The Morgan fingerprint density at radius 2 is 1.90 bits per heavy atom. The molecule has 3 heteroatoms. The van der Waals surface area contributed by atoms with E-state index in [1.165, 1.54) is 5.56 Å². The first-order chi connectivity index (χ1) is 9.69. The lowest BCUT2D eigenvalue weighted by Gasteiger charge is -2.13. The van der Waals surface area contributed by atoms with Crippen molar-refractivity contribution in [1.29, 1.82) is 0 Å². The third-order valence-electron chi connectivity index (χ3n) is 3.17. The van der Waals surface area contributed by atoms with E-state index in [0.29, 0.717) is 0 Å². The average Bonchev–Trinajstić information content (AvgIpc) is 2.48. The van der Waals surface area contributed by atoms with Crippen LogP contribution in [-0.4, -0.2) is 13.0 Å². The summed E-state index contributed by atoms with van der Waals surface area (Å²) in [6, 6.07) is 17.4.